The summed E-state index contributed by atoms with van der Waals surface area (Å²) in [6, 6.07) is 9.64. The van der Waals surface area contributed by atoms with Gasteiger partial charge in [0.15, 0.2) is 0 Å². The molecule has 1 fully saturated rings. The summed E-state index contributed by atoms with van der Waals surface area (Å²) in [6.45, 7) is 5.91. The van der Waals surface area contributed by atoms with Gasteiger partial charge in [0.05, 0.1) is 19.3 Å². The van der Waals surface area contributed by atoms with E-state index in [1.807, 2.05) is 37.3 Å². The molecule has 2 rings (SSSR count). The van der Waals surface area contributed by atoms with Crippen molar-refractivity contribution in [2.75, 3.05) is 32.8 Å². The van der Waals surface area contributed by atoms with Crippen molar-refractivity contribution in [1.82, 2.24) is 9.80 Å². The molecule has 114 valence electrons. The predicted molar refractivity (Wildman–Crippen MR) is 79.6 cm³/mol. The van der Waals surface area contributed by atoms with Gasteiger partial charge in [-0.15, -0.1) is 0 Å². The van der Waals surface area contributed by atoms with Crippen molar-refractivity contribution in [1.29, 1.82) is 0 Å². The van der Waals surface area contributed by atoms with Crippen LogP contribution in [0.2, 0.25) is 0 Å². The Hall–Kier alpha value is -1.88. The molecule has 5 heteroatoms. The topological polar surface area (TPSA) is 49.9 Å². The maximum Gasteiger partial charge on any atom is 0.242 e. The minimum atomic E-state index is -0.117. The van der Waals surface area contributed by atoms with Gasteiger partial charge in [0, 0.05) is 20.0 Å². The Bertz CT molecular complexity index is 484. The van der Waals surface area contributed by atoms with Gasteiger partial charge >= 0.3 is 0 Å². The zero-order chi connectivity index (χ0) is 15.2. The van der Waals surface area contributed by atoms with Gasteiger partial charge in [0.25, 0.3) is 0 Å². The molecule has 0 spiro atoms. The SMILES string of the molecule is CC(=O)N(CC(=O)N1CCOCC1)C(C)c1ccccc1. The van der Waals surface area contributed by atoms with Crippen molar-refractivity contribution in [3.63, 3.8) is 0 Å². The molecule has 0 bridgehead atoms. The van der Waals surface area contributed by atoms with E-state index in [4.69, 9.17) is 4.74 Å². The van der Waals surface area contributed by atoms with E-state index in [0.29, 0.717) is 26.3 Å². The van der Waals surface area contributed by atoms with Crippen LogP contribution in [0.4, 0.5) is 0 Å². The quantitative estimate of drug-likeness (QED) is 0.843. The number of hydrogen-bond acceptors (Lipinski definition) is 3. The molecule has 1 atom stereocenters. The maximum atomic E-state index is 12.3. The van der Waals surface area contributed by atoms with Crippen molar-refractivity contribution < 1.29 is 14.3 Å². The molecule has 1 heterocycles. The van der Waals surface area contributed by atoms with Crippen LogP contribution in [0.1, 0.15) is 25.5 Å². The number of amides is 2. The highest BCUT2D eigenvalue weighted by molar-refractivity contribution is 5.84. The molecule has 21 heavy (non-hydrogen) atoms. The number of carbonyl (C=O) groups is 2. The van der Waals surface area contributed by atoms with Crippen LogP contribution in [0.5, 0.6) is 0 Å². The molecule has 0 aliphatic carbocycles. The Morgan fingerprint density at radius 2 is 1.86 bits per heavy atom. The second kappa shape index (κ2) is 7.22. The van der Waals surface area contributed by atoms with Gasteiger partial charge < -0.3 is 14.5 Å². The Morgan fingerprint density at radius 1 is 1.24 bits per heavy atom. The maximum absolute atomic E-state index is 12.3. The summed E-state index contributed by atoms with van der Waals surface area (Å²) in [6.07, 6.45) is 0. The van der Waals surface area contributed by atoms with Crippen molar-refractivity contribution in [2.24, 2.45) is 0 Å². The summed E-state index contributed by atoms with van der Waals surface area (Å²) in [5.41, 5.74) is 1.03. The monoisotopic (exact) mass is 290 g/mol. The molecule has 0 radical (unpaired) electrons. The molecule has 1 aliphatic heterocycles. The van der Waals surface area contributed by atoms with E-state index < -0.39 is 0 Å². The molecular formula is C16H22N2O3. The fourth-order valence-electron chi connectivity index (χ4n) is 2.49. The Balaban J connectivity index is 2.05. The van der Waals surface area contributed by atoms with E-state index in [1.165, 1.54) is 6.92 Å². The van der Waals surface area contributed by atoms with Crippen LogP contribution in [0.15, 0.2) is 30.3 Å². The molecule has 1 unspecified atom stereocenters. The molecule has 1 saturated heterocycles. The highest BCUT2D eigenvalue weighted by Crippen LogP contribution is 2.20. The third kappa shape index (κ3) is 4.04. The summed E-state index contributed by atoms with van der Waals surface area (Å²) in [5.74, 6) is -0.107. The Kier molecular flexibility index (Phi) is 5.33. The van der Waals surface area contributed by atoms with Crippen molar-refractivity contribution in [2.45, 2.75) is 19.9 Å². The van der Waals surface area contributed by atoms with E-state index in [2.05, 4.69) is 0 Å². The van der Waals surface area contributed by atoms with Gasteiger partial charge in [0.2, 0.25) is 11.8 Å². The summed E-state index contributed by atoms with van der Waals surface area (Å²) >= 11 is 0. The Labute approximate surface area is 125 Å². The average Bonchev–Trinajstić information content (AvgIpc) is 2.53. The summed E-state index contributed by atoms with van der Waals surface area (Å²) in [5, 5.41) is 0. The lowest BCUT2D eigenvalue weighted by atomic mass is 10.1. The number of benzene rings is 1. The minimum Gasteiger partial charge on any atom is -0.378 e. The smallest absolute Gasteiger partial charge is 0.242 e. The van der Waals surface area contributed by atoms with Crippen LogP contribution in [0, 0.1) is 0 Å². The second-order valence-electron chi connectivity index (χ2n) is 5.23. The molecule has 0 aromatic heterocycles. The number of ether oxygens (including phenoxy) is 1. The Morgan fingerprint density at radius 3 is 2.43 bits per heavy atom. The number of rotatable bonds is 4. The van der Waals surface area contributed by atoms with Gasteiger partial charge in [0.1, 0.15) is 6.54 Å². The third-order valence-electron chi connectivity index (χ3n) is 3.82. The number of nitrogens with zero attached hydrogens (tertiary/aromatic N) is 2. The second-order valence-corrected chi connectivity index (χ2v) is 5.23. The van der Waals surface area contributed by atoms with Gasteiger partial charge in [-0.25, -0.2) is 0 Å². The fourth-order valence-corrected chi connectivity index (χ4v) is 2.49. The number of hydrogen-bond donors (Lipinski definition) is 0. The van der Waals surface area contributed by atoms with Crippen LogP contribution in [-0.4, -0.2) is 54.5 Å². The van der Waals surface area contributed by atoms with Crippen molar-refractivity contribution >= 4 is 11.8 Å². The first-order chi connectivity index (χ1) is 10.1. The van der Waals surface area contributed by atoms with Crippen molar-refractivity contribution in [3.05, 3.63) is 35.9 Å². The van der Waals surface area contributed by atoms with Crippen LogP contribution < -0.4 is 0 Å². The molecular weight excluding hydrogens is 268 g/mol. The summed E-state index contributed by atoms with van der Waals surface area (Å²) in [7, 11) is 0. The molecule has 1 aromatic rings. The van der Waals surface area contributed by atoms with Gasteiger partial charge in [-0.05, 0) is 12.5 Å². The predicted octanol–water partition coefficient (Wildman–Crippen LogP) is 1.45. The zero-order valence-electron chi connectivity index (χ0n) is 12.6. The van der Waals surface area contributed by atoms with Gasteiger partial charge in [-0.2, -0.15) is 0 Å². The first-order valence-electron chi connectivity index (χ1n) is 7.27. The highest BCUT2D eigenvalue weighted by Gasteiger charge is 2.24. The minimum absolute atomic E-state index is 0.0173. The van der Waals surface area contributed by atoms with Gasteiger partial charge in [-0.1, -0.05) is 30.3 Å². The molecule has 0 N–H and O–H groups in total. The summed E-state index contributed by atoms with van der Waals surface area (Å²) < 4.78 is 5.24. The van der Waals surface area contributed by atoms with Crippen LogP contribution in [0.3, 0.4) is 0 Å². The molecule has 2 amide bonds. The lowest BCUT2D eigenvalue weighted by Gasteiger charge is -2.32. The molecule has 0 saturated carbocycles. The standard InChI is InChI=1S/C16H22N2O3/c1-13(15-6-4-3-5-7-15)18(14(2)19)12-16(20)17-8-10-21-11-9-17/h3-7,13H,8-12H2,1-2H3. The van der Waals surface area contributed by atoms with Crippen LogP contribution in [0.25, 0.3) is 0 Å². The molecule has 5 nitrogen and oxygen atoms in total. The van der Waals surface area contributed by atoms with Crippen LogP contribution in [-0.2, 0) is 14.3 Å². The van der Waals surface area contributed by atoms with Gasteiger partial charge in [-0.3, -0.25) is 9.59 Å². The van der Waals surface area contributed by atoms with E-state index >= 15 is 0 Å². The lowest BCUT2D eigenvalue weighted by Crippen LogP contribution is -2.47. The van der Waals surface area contributed by atoms with E-state index in [9.17, 15) is 9.59 Å². The van der Waals surface area contributed by atoms with E-state index in [1.54, 1.807) is 9.80 Å². The number of morpholine rings is 1. The first-order valence-corrected chi connectivity index (χ1v) is 7.27. The molecule has 1 aliphatic rings. The average molecular weight is 290 g/mol. The lowest BCUT2D eigenvalue weighted by molar-refractivity contribution is -0.143. The molecule has 1 aromatic carbocycles. The van der Waals surface area contributed by atoms with E-state index in [-0.39, 0.29) is 24.4 Å². The first kappa shape index (κ1) is 15.5. The normalized spacial score (nSPS) is 16.4. The van der Waals surface area contributed by atoms with Crippen molar-refractivity contribution in [3.8, 4) is 0 Å². The number of carbonyl (C=O) groups excluding carboxylic acids is 2. The van der Waals surface area contributed by atoms with Crippen LogP contribution >= 0.6 is 0 Å². The van der Waals surface area contributed by atoms with E-state index in [0.717, 1.165) is 5.56 Å². The highest BCUT2D eigenvalue weighted by atomic mass is 16.5. The third-order valence-corrected chi connectivity index (χ3v) is 3.82. The zero-order valence-corrected chi connectivity index (χ0v) is 12.6. The largest absolute Gasteiger partial charge is 0.378 e. The fraction of sp³-hybridized carbons (Fsp3) is 0.500. The summed E-state index contributed by atoms with van der Waals surface area (Å²) in [4.78, 5) is 27.6.